The molecule has 1 aliphatic heterocycles. The lowest BCUT2D eigenvalue weighted by Crippen LogP contribution is -2.40. The Balaban J connectivity index is 1.42. The normalized spacial score (nSPS) is 15.8. The van der Waals surface area contributed by atoms with Crippen molar-refractivity contribution in [1.82, 2.24) is 9.62 Å². The van der Waals surface area contributed by atoms with E-state index in [2.05, 4.69) is 5.32 Å². The Morgan fingerprint density at radius 2 is 1.71 bits per heavy atom. The third-order valence-corrected chi connectivity index (χ3v) is 6.76. The number of benzene rings is 2. The Bertz CT molecular complexity index is 960. The first kappa shape index (κ1) is 23.3. The molecule has 1 aliphatic rings. The van der Waals surface area contributed by atoms with Crippen LogP contribution in [0.15, 0.2) is 53.4 Å². The highest BCUT2D eigenvalue weighted by atomic mass is 35.5. The summed E-state index contributed by atoms with van der Waals surface area (Å²) in [6, 6.07) is 13.0. The molecule has 10 heteroatoms. The molecule has 2 aromatic rings. The topological polar surface area (TPSA) is 94.2 Å². The first-order valence-corrected chi connectivity index (χ1v) is 11.7. The molecule has 0 bridgehead atoms. The fourth-order valence-corrected chi connectivity index (χ4v) is 4.44. The number of ether oxygens (including phenoxy) is 3. The maximum Gasteiger partial charge on any atom is 0.260 e. The van der Waals surface area contributed by atoms with Crippen LogP contribution in [0.3, 0.4) is 0 Å². The predicted molar refractivity (Wildman–Crippen MR) is 116 cm³/mol. The Kier molecular flexibility index (Phi) is 8.14. The Labute approximate surface area is 187 Å². The number of rotatable bonds is 9. The molecule has 0 aliphatic carbocycles. The van der Waals surface area contributed by atoms with Gasteiger partial charge in [0.05, 0.1) is 24.7 Å². The van der Waals surface area contributed by atoms with Gasteiger partial charge in [-0.2, -0.15) is 4.31 Å². The summed E-state index contributed by atoms with van der Waals surface area (Å²) in [6.07, 6.45) is -0.675. The van der Waals surface area contributed by atoms with E-state index in [0.717, 1.165) is 0 Å². The zero-order valence-electron chi connectivity index (χ0n) is 17.1. The monoisotopic (exact) mass is 468 g/mol. The van der Waals surface area contributed by atoms with Crippen LogP contribution in [0.25, 0.3) is 0 Å². The van der Waals surface area contributed by atoms with Gasteiger partial charge in [0.25, 0.3) is 5.91 Å². The summed E-state index contributed by atoms with van der Waals surface area (Å²) in [5.41, 5.74) is 0. The number of hydrogen-bond acceptors (Lipinski definition) is 6. The summed E-state index contributed by atoms with van der Waals surface area (Å²) in [6.45, 7) is 3.65. The highest BCUT2D eigenvalue weighted by Crippen LogP contribution is 2.20. The van der Waals surface area contributed by atoms with Crippen molar-refractivity contribution >= 4 is 27.5 Å². The number of sulfonamides is 1. The number of halogens is 1. The molecule has 0 radical (unpaired) electrons. The van der Waals surface area contributed by atoms with E-state index in [9.17, 15) is 13.2 Å². The first-order valence-electron chi connectivity index (χ1n) is 9.87. The van der Waals surface area contributed by atoms with Crippen LogP contribution in [-0.4, -0.2) is 64.2 Å². The van der Waals surface area contributed by atoms with Crippen molar-refractivity contribution in [2.75, 3.05) is 39.5 Å². The minimum atomic E-state index is -3.53. The van der Waals surface area contributed by atoms with E-state index in [4.69, 9.17) is 25.8 Å². The lowest BCUT2D eigenvalue weighted by molar-refractivity contribution is -0.127. The predicted octanol–water partition coefficient (Wildman–Crippen LogP) is 2.32. The van der Waals surface area contributed by atoms with Crippen molar-refractivity contribution in [2.24, 2.45) is 0 Å². The number of carbonyl (C=O) groups is 1. The van der Waals surface area contributed by atoms with E-state index in [1.807, 2.05) is 0 Å². The van der Waals surface area contributed by atoms with Crippen molar-refractivity contribution in [2.45, 2.75) is 17.9 Å². The highest BCUT2D eigenvalue weighted by Gasteiger charge is 2.26. The highest BCUT2D eigenvalue weighted by molar-refractivity contribution is 7.89. The molecule has 1 saturated heterocycles. The molecule has 1 atom stereocenters. The molecule has 168 valence electrons. The van der Waals surface area contributed by atoms with Crippen molar-refractivity contribution in [1.29, 1.82) is 0 Å². The van der Waals surface area contributed by atoms with Gasteiger partial charge in [-0.3, -0.25) is 4.79 Å². The van der Waals surface area contributed by atoms with Gasteiger partial charge in [0.1, 0.15) is 18.1 Å². The van der Waals surface area contributed by atoms with Crippen molar-refractivity contribution in [3.63, 3.8) is 0 Å². The summed E-state index contributed by atoms with van der Waals surface area (Å²) in [4.78, 5) is 12.3. The molecule has 1 N–H and O–H groups in total. The molecule has 1 heterocycles. The van der Waals surface area contributed by atoms with Crippen molar-refractivity contribution in [3.05, 3.63) is 53.6 Å². The molecule has 3 rings (SSSR count). The van der Waals surface area contributed by atoms with E-state index in [1.54, 1.807) is 43.3 Å². The zero-order chi connectivity index (χ0) is 22.3. The SMILES string of the molecule is C[C@H](Oc1ccc(Cl)cc1)C(=O)NCCOc1ccc(S(=O)(=O)N2CCOCC2)cc1. The number of nitrogens with zero attached hydrogens (tertiary/aromatic N) is 1. The molecule has 1 amide bonds. The number of morpholine rings is 1. The second-order valence-electron chi connectivity index (χ2n) is 6.84. The van der Waals surface area contributed by atoms with Crippen molar-refractivity contribution in [3.8, 4) is 11.5 Å². The summed E-state index contributed by atoms with van der Waals surface area (Å²) >= 11 is 5.83. The van der Waals surface area contributed by atoms with Crippen LogP contribution in [0.5, 0.6) is 11.5 Å². The molecule has 31 heavy (non-hydrogen) atoms. The largest absolute Gasteiger partial charge is 0.492 e. The molecule has 1 fully saturated rings. The lowest BCUT2D eigenvalue weighted by Gasteiger charge is -2.26. The third kappa shape index (κ3) is 6.57. The minimum absolute atomic E-state index is 0.211. The number of amides is 1. The van der Waals surface area contributed by atoms with E-state index in [0.29, 0.717) is 42.8 Å². The fourth-order valence-electron chi connectivity index (χ4n) is 2.90. The maximum atomic E-state index is 12.6. The molecular formula is C21H25ClN2O6S. The van der Waals surface area contributed by atoms with Gasteiger partial charge in [0, 0.05) is 18.1 Å². The zero-order valence-corrected chi connectivity index (χ0v) is 18.7. The number of nitrogens with one attached hydrogen (secondary N) is 1. The van der Waals surface area contributed by atoms with Gasteiger partial charge in [-0.15, -0.1) is 0 Å². The second kappa shape index (κ2) is 10.8. The summed E-state index contributed by atoms with van der Waals surface area (Å²) in [7, 11) is -3.53. The van der Waals surface area contributed by atoms with E-state index < -0.39 is 16.1 Å². The summed E-state index contributed by atoms with van der Waals surface area (Å²) < 4.78 is 43.0. The van der Waals surface area contributed by atoms with Gasteiger partial charge in [0.2, 0.25) is 10.0 Å². The molecule has 2 aromatic carbocycles. The van der Waals surface area contributed by atoms with Crippen molar-refractivity contribution < 1.29 is 27.4 Å². The van der Waals surface area contributed by atoms with Crippen LogP contribution in [0.2, 0.25) is 5.02 Å². The Hall–Kier alpha value is -2.33. The van der Waals surface area contributed by atoms with Crippen LogP contribution in [0.1, 0.15) is 6.92 Å². The molecule has 0 unspecified atom stereocenters. The quantitative estimate of drug-likeness (QED) is 0.567. The Morgan fingerprint density at radius 1 is 1.10 bits per heavy atom. The van der Waals surface area contributed by atoms with E-state index >= 15 is 0 Å². The number of carbonyl (C=O) groups excluding carboxylic acids is 1. The fraction of sp³-hybridized carbons (Fsp3) is 0.381. The lowest BCUT2D eigenvalue weighted by atomic mass is 10.3. The molecule has 0 saturated carbocycles. The second-order valence-corrected chi connectivity index (χ2v) is 9.22. The molecule has 8 nitrogen and oxygen atoms in total. The Morgan fingerprint density at radius 3 is 2.35 bits per heavy atom. The average molecular weight is 469 g/mol. The maximum absolute atomic E-state index is 12.6. The van der Waals surface area contributed by atoms with Gasteiger partial charge < -0.3 is 19.5 Å². The van der Waals surface area contributed by atoms with Gasteiger partial charge in [-0.1, -0.05) is 11.6 Å². The standard InChI is InChI=1S/C21H25ClN2O6S/c1-16(30-19-4-2-17(22)3-5-19)21(25)23-10-13-29-18-6-8-20(9-7-18)31(26,27)24-11-14-28-15-12-24/h2-9,16H,10-15H2,1H3,(H,23,25)/t16-/m0/s1. The first-order chi connectivity index (χ1) is 14.9. The van der Waals surface area contributed by atoms with Gasteiger partial charge in [-0.25, -0.2) is 8.42 Å². The van der Waals surface area contributed by atoms with E-state index in [1.165, 1.54) is 16.4 Å². The van der Waals surface area contributed by atoms with Crippen LogP contribution in [-0.2, 0) is 19.6 Å². The third-order valence-electron chi connectivity index (χ3n) is 4.60. The summed E-state index contributed by atoms with van der Waals surface area (Å²) in [5.74, 6) is 0.793. The molecule has 0 aromatic heterocycles. The van der Waals surface area contributed by atoms with Gasteiger partial charge >= 0.3 is 0 Å². The molecular weight excluding hydrogens is 444 g/mol. The number of hydrogen-bond donors (Lipinski definition) is 1. The van der Waals surface area contributed by atoms with Crippen LogP contribution in [0, 0.1) is 0 Å². The van der Waals surface area contributed by atoms with E-state index in [-0.39, 0.29) is 24.0 Å². The average Bonchev–Trinajstić information content (AvgIpc) is 2.79. The smallest absolute Gasteiger partial charge is 0.260 e. The van der Waals surface area contributed by atoms with Gasteiger partial charge in [0.15, 0.2) is 6.10 Å². The van der Waals surface area contributed by atoms with Crippen LogP contribution < -0.4 is 14.8 Å². The summed E-state index contributed by atoms with van der Waals surface area (Å²) in [5, 5.41) is 3.32. The van der Waals surface area contributed by atoms with Crippen LogP contribution in [0.4, 0.5) is 0 Å². The minimum Gasteiger partial charge on any atom is -0.492 e. The molecule has 0 spiro atoms. The van der Waals surface area contributed by atoms with Crippen LogP contribution >= 0.6 is 11.6 Å². The van der Waals surface area contributed by atoms with Gasteiger partial charge in [-0.05, 0) is 55.5 Å².